The molecule has 0 bridgehead atoms. The number of hydrogen-bond acceptors (Lipinski definition) is 8. The largest absolute Gasteiger partial charge is 0.478 e. The van der Waals surface area contributed by atoms with Gasteiger partial charge in [-0.25, -0.2) is 4.98 Å². The van der Waals surface area contributed by atoms with Gasteiger partial charge in [-0.05, 0) is 55.9 Å². The highest BCUT2D eigenvalue weighted by Crippen LogP contribution is 2.49. The highest BCUT2D eigenvalue weighted by Gasteiger charge is 2.43. The molecule has 2 aromatic rings. The number of pyridine rings is 1. The second kappa shape index (κ2) is 10.5. The molecule has 0 spiro atoms. The number of ether oxygens (including phenoxy) is 2. The molecule has 2 aliphatic rings. The van der Waals surface area contributed by atoms with Crippen LogP contribution in [0.2, 0.25) is 0 Å². The van der Waals surface area contributed by atoms with Crippen molar-refractivity contribution in [3.8, 4) is 5.88 Å². The Bertz CT molecular complexity index is 851. The molecule has 8 nitrogen and oxygen atoms in total. The third-order valence-electron chi connectivity index (χ3n) is 6.21. The van der Waals surface area contributed by atoms with E-state index in [1.165, 1.54) is 19.3 Å². The number of aromatic nitrogens is 3. The molecule has 4 rings (SSSR count). The van der Waals surface area contributed by atoms with Crippen molar-refractivity contribution >= 4 is 16.8 Å². The Kier molecular flexibility index (Phi) is 7.55. The molecule has 170 valence electrons. The van der Waals surface area contributed by atoms with Gasteiger partial charge in [0.1, 0.15) is 6.61 Å². The Labute approximate surface area is 186 Å². The van der Waals surface area contributed by atoms with E-state index in [-0.39, 0.29) is 0 Å². The minimum absolute atomic E-state index is 0.414. The number of piperidine rings is 1. The van der Waals surface area contributed by atoms with Gasteiger partial charge in [0.25, 0.3) is 0 Å². The van der Waals surface area contributed by atoms with Gasteiger partial charge in [0.15, 0.2) is 5.82 Å². The van der Waals surface area contributed by atoms with E-state index < -0.39 is 10.8 Å². The molecular formula is C22H32N4O4S. The van der Waals surface area contributed by atoms with Crippen LogP contribution in [0.5, 0.6) is 5.88 Å². The van der Waals surface area contributed by atoms with Crippen LogP contribution in [0.1, 0.15) is 44.9 Å². The zero-order valence-electron chi connectivity index (χ0n) is 18.4. The lowest BCUT2D eigenvalue weighted by Crippen LogP contribution is -2.34. The molecule has 0 amide bonds. The van der Waals surface area contributed by atoms with Gasteiger partial charge < -0.3 is 18.9 Å². The standard InChI is InChI=1S/C22H32N4O4S/c1-3-11-28-15-20-24-22(30-25-20)26-9-6-16(7-10-26)19-13-17(19)8-12-29-21-5-4-18(14-23-21)31(2)27/h4-5,14,16-17,19H,3,6-13,15H2,1-2H3. The number of anilines is 1. The van der Waals surface area contributed by atoms with Crippen molar-refractivity contribution in [3.05, 3.63) is 24.2 Å². The number of rotatable bonds is 11. The Balaban J connectivity index is 1.14. The number of nitrogens with zero attached hydrogens (tertiary/aromatic N) is 4. The predicted octanol–water partition coefficient (Wildman–Crippen LogP) is 3.45. The summed E-state index contributed by atoms with van der Waals surface area (Å²) in [5.74, 6) is 3.57. The summed E-state index contributed by atoms with van der Waals surface area (Å²) in [6.07, 6.45) is 8.97. The van der Waals surface area contributed by atoms with Crippen LogP contribution in [-0.2, 0) is 22.1 Å². The predicted molar refractivity (Wildman–Crippen MR) is 117 cm³/mol. The molecular weight excluding hydrogens is 416 g/mol. The highest BCUT2D eigenvalue weighted by molar-refractivity contribution is 7.84. The van der Waals surface area contributed by atoms with Crippen LogP contribution in [0.25, 0.3) is 0 Å². The van der Waals surface area contributed by atoms with Gasteiger partial charge in [0.05, 0.1) is 22.3 Å². The Morgan fingerprint density at radius 1 is 1.26 bits per heavy atom. The lowest BCUT2D eigenvalue weighted by molar-refractivity contribution is 0.114. The van der Waals surface area contributed by atoms with Gasteiger partial charge >= 0.3 is 6.01 Å². The quantitative estimate of drug-likeness (QED) is 0.483. The first-order chi connectivity index (χ1) is 15.1. The Hall–Kier alpha value is -2.00. The average molecular weight is 449 g/mol. The smallest absolute Gasteiger partial charge is 0.324 e. The van der Waals surface area contributed by atoms with Gasteiger partial charge in [0.2, 0.25) is 5.88 Å². The van der Waals surface area contributed by atoms with E-state index in [4.69, 9.17) is 14.0 Å². The molecule has 9 heteroatoms. The second-order valence-corrected chi connectivity index (χ2v) is 9.83. The van der Waals surface area contributed by atoms with Crippen molar-refractivity contribution in [1.29, 1.82) is 0 Å². The molecule has 2 aromatic heterocycles. The molecule has 3 unspecified atom stereocenters. The SMILES string of the molecule is CCCOCc1noc(N2CCC(C3CC3CCOc3ccc(S(C)=O)cn3)CC2)n1. The summed E-state index contributed by atoms with van der Waals surface area (Å²) in [6.45, 7) is 5.83. The lowest BCUT2D eigenvalue weighted by atomic mass is 9.91. The van der Waals surface area contributed by atoms with Crippen LogP contribution in [0.4, 0.5) is 6.01 Å². The van der Waals surface area contributed by atoms with Crippen LogP contribution in [0.3, 0.4) is 0 Å². The van der Waals surface area contributed by atoms with Crippen molar-refractivity contribution in [2.75, 3.05) is 37.5 Å². The monoisotopic (exact) mass is 448 g/mol. The van der Waals surface area contributed by atoms with Crippen molar-refractivity contribution in [3.63, 3.8) is 0 Å². The number of hydrogen-bond donors (Lipinski definition) is 0. The average Bonchev–Trinajstić information content (AvgIpc) is 3.40. The molecule has 1 saturated heterocycles. The van der Waals surface area contributed by atoms with Gasteiger partial charge in [-0.2, -0.15) is 4.98 Å². The summed E-state index contributed by atoms with van der Waals surface area (Å²) in [7, 11) is -1.00. The fraction of sp³-hybridized carbons (Fsp3) is 0.682. The maximum absolute atomic E-state index is 11.4. The minimum atomic E-state index is -1.00. The van der Waals surface area contributed by atoms with E-state index in [0.29, 0.717) is 37.5 Å². The topological polar surface area (TPSA) is 90.6 Å². The zero-order valence-corrected chi connectivity index (χ0v) is 19.2. The normalized spacial score (nSPS) is 22.5. The van der Waals surface area contributed by atoms with Gasteiger partial charge in [0, 0.05) is 38.2 Å². The van der Waals surface area contributed by atoms with Crippen LogP contribution in [0.15, 0.2) is 27.7 Å². The molecule has 1 aliphatic carbocycles. The molecule has 3 heterocycles. The molecule has 1 aliphatic heterocycles. The Morgan fingerprint density at radius 3 is 2.81 bits per heavy atom. The van der Waals surface area contributed by atoms with Gasteiger partial charge in [-0.1, -0.05) is 12.1 Å². The summed E-state index contributed by atoms with van der Waals surface area (Å²) >= 11 is 0. The third-order valence-corrected chi connectivity index (χ3v) is 7.11. The molecule has 0 radical (unpaired) electrons. The summed E-state index contributed by atoms with van der Waals surface area (Å²) in [5, 5.41) is 4.03. The Morgan fingerprint density at radius 2 is 2.10 bits per heavy atom. The first-order valence-electron chi connectivity index (χ1n) is 11.2. The fourth-order valence-electron chi connectivity index (χ4n) is 4.38. The molecule has 1 saturated carbocycles. The second-order valence-electron chi connectivity index (χ2n) is 8.45. The van der Waals surface area contributed by atoms with E-state index in [2.05, 4.69) is 26.9 Å². The van der Waals surface area contributed by atoms with Crippen molar-refractivity contribution in [2.45, 2.75) is 50.5 Å². The van der Waals surface area contributed by atoms with E-state index in [0.717, 1.165) is 48.6 Å². The fourth-order valence-corrected chi connectivity index (χ4v) is 4.84. The maximum Gasteiger partial charge on any atom is 0.324 e. The van der Waals surface area contributed by atoms with Crippen LogP contribution < -0.4 is 9.64 Å². The maximum atomic E-state index is 11.4. The van der Waals surface area contributed by atoms with Crippen LogP contribution in [-0.4, -0.2) is 51.9 Å². The molecule has 3 atom stereocenters. The van der Waals surface area contributed by atoms with E-state index in [9.17, 15) is 4.21 Å². The first kappa shape index (κ1) is 22.2. The van der Waals surface area contributed by atoms with Crippen LogP contribution >= 0.6 is 0 Å². The molecule has 31 heavy (non-hydrogen) atoms. The van der Waals surface area contributed by atoms with Crippen molar-refractivity contribution in [1.82, 2.24) is 15.1 Å². The molecule has 2 fully saturated rings. The molecule has 0 N–H and O–H groups in total. The lowest BCUT2D eigenvalue weighted by Gasteiger charge is -2.30. The summed E-state index contributed by atoms with van der Waals surface area (Å²) < 4.78 is 28.1. The zero-order chi connectivity index (χ0) is 21.6. The van der Waals surface area contributed by atoms with E-state index in [1.807, 2.05) is 6.07 Å². The summed E-state index contributed by atoms with van der Waals surface area (Å²) in [5.41, 5.74) is 0. The van der Waals surface area contributed by atoms with Gasteiger partial charge in [-0.3, -0.25) is 4.21 Å². The summed E-state index contributed by atoms with van der Waals surface area (Å²) in [6, 6.07) is 4.24. The van der Waals surface area contributed by atoms with Crippen LogP contribution in [0, 0.1) is 17.8 Å². The third kappa shape index (κ3) is 6.04. The van der Waals surface area contributed by atoms with Crippen molar-refractivity contribution in [2.24, 2.45) is 17.8 Å². The first-order valence-corrected chi connectivity index (χ1v) is 12.8. The van der Waals surface area contributed by atoms with Crippen molar-refractivity contribution < 1.29 is 18.2 Å². The van der Waals surface area contributed by atoms with Gasteiger partial charge in [-0.15, -0.1) is 0 Å². The summed E-state index contributed by atoms with van der Waals surface area (Å²) in [4.78, 5) is 11.6. The van der Waals surface area contributed by atoms with E-state index in [1.54, 1.807) is 18.5 Å². The molecule has 0 aromatic carbocycles. The van der Waals surface area contributed by atoms with E-state index >= 15 is 0 Å². The highest BCUT2D eigenvalue weighted by atomic mass is 32.2. The minimum Gasteiger partial charge on any atom is -0.478 e.